The number of ether oxygens (including phenoxy) is 1. The van der Waals surface area contributed by atoms with Gasteiger partial charge in [-0.15, -0.1) is 0 Å². The van der Waals surface area contributed by atoms with Crippen LogP contribution in [0.2, 0.25) is 0 Å². The summed E-state index contributed by atoms with van der Waals surface area (Å²) in [5, 5.41) is 3.01. The zero-order valence-electron chi connectivity index (χ0n) is 12.1. The lowest BCUT2D eigenvalue weighted by Crippen LogP contribution is -2.37. The van der Waals surface area contributed by atoms with E-state index >= 15 is 0 Å². The number of carbonyl (C=O) groups is 1. The fraction of sp³-hybridized carbons (Fsp3) is 0.467. The summed E-state index contributed by atoms with van der Waals surface area (Å²) in [6.45, 7) is 1.21. The highest BCUT2D eigenvalue weighted by Gasteiger charge is 2.34. The van der Waals surface area contributed by atoms with Crippen LogP contribution in [0.4, 0.5) is 0 Å². The first-order chi connectivity index (χ1) is 10.3. The van der Waals surface area contributed by atoms with Crippen molar-refractivity contribution in [3.8, 4) is 0 Å². The third-order valence-corrected chi connectivity index (χ3v) is 3.94. The summed E-state index contributed by atoms with van der Waals surface area (Å²) in [5.74, 6) is 0.566. The predicted octanol–water partition coefficient (Wildman–Crippen LogP) is 1.53. The molecule has 6 nitrogen and oxygen atoms in total. The fourth-order valence-electron chi connectivity index (χ4n) is 2.74. The van der Waals surface area contributed by atoms with Crippen molar-refractivity contribution in [3.05, 3.63) is 42.2 Å². The highest BCUT2D eigenvalue weighted by atomic mass is 16.5. The van der Waals surface area contributed by atoms with Crippen LogP contribution in [-0.2, 0) is 23.1 Å². The van der Waals surface area contributed by atoms with Gasteiger partial charge < -0.3 is 19.6 Å². The van der Waals surface area contributed by atoms with Crippen molar-refractivity contribution in [1.82, 2.24) is 19.9 Å². The molecular weight excluding hydrogens is 268 g/mol. The molecule has 6 heteroatoms. The maximum absolute atomic E-state index is 12.5. The Bertz CT molecular complexity index is 591. The number of hydrogen-bond acceptors (Lipinski definition) is 3. The van der Waals surface area contributed by atoms with Crippen LogP contribution < -0.4 is 5.32 Å². The molecule has 2 aromatic rings. The molecule has 21 heavy (non-hydrogen) atoms. The summed E-state index contributed by atoms with van der Waals surface area (Å²) >= 11 is 0. The fourth-order valence-corrected chi connectivity index (χ4v) is 2.74. The number of aromatic nitrogens is 3. The van der Waals surface area contributed by atoms with E-state index in [2.05, 4.69) is 15.3 Å². The molecule has 0 unspecified atom stereocenters. The average Bonchev–Trinajstić information content (AvgIpc) is 3.16. The molecule has 0 aromatic carbocycles. The number of H-pyrrole nitrogens is 1. The number of amides is 1. The van der Waals surface area contributed by atoms with E-state index in [0.717, 1.165) is 24.4 Å². The van der Waals surface area contributed by atoms with Crippen LogP contribution in [0.3, 0.4) is 0 Å². The van der Waals surface area contributed by atoms with Crippen LogP contribution in [0.15, 0.2) is 30.7 Å². The molecule has 112 valence electrons. The Hall–Kier alpha value is -2.08. The summed E-state index contributed by atoms with van der Waals surface area (Å²) in [7, 11) is 1.97. The Kier molecular flexibility index (Phi) is 4.06. The van der Waals surface area contributed by atoms with E-state index in [-0.39, 0.29) is 17.9 Å². The molecule has 3 rings (SSSR count). The van der Waals surface area contributed by atoms with Gasteiger partial charge in [0.25, 0.3) is 0 Å². The SMILES string of the molecule is Cn1cccc1CNC(=O)[C@@H]1CCCO[C@H]1c1ncc[nH]1. The number of imidazole rings is 1. The Morgan fingerprint density at radius 2 is 2.52 bits per heavy atom. The molecule has 0 saturated carbocycles. The number of aromatic amines is 1. The van der Waals surface area contributed by atoms with Crippen LogP contribution in [-0.4, -0.2) is 27.0 Å². The normalized spacial score (nSPS) is 22.1. The smallest absolute Gasteiger partial charge is 0.226 e. The van der Waals surface area contributed by atoms with E-state index < -0.39 is 0 Å². The van der Waals surface area contributed by atoms with Gasteiger partial charge in [-0.05, 0) is 25.0 Å². The van der Waals surface area contributed by atoms with Gasteiger partial charge in [-0.1, -0.05) is 0 Å². The molecule has 0 aliphatic carbocycles. The van der Waals surface area contributed by atoms with Crippen LogP contribution in [0.5, 0.6) is 0 Å². The van der Waals surface area contributed by atoms with Gasteiger partial charge in [0, 0.05) is 37.9 Å². The Morgan fingerprint density at radius 1 is 1.62 bits per heavy atom. The Labute approximate surface area is 123 Å². The first-order valence-electron chi connectivity index (χ1n) is 7.24. The van der Waals surface area contributed by atoms with Crippen LogP contribution in [0.25, 0.3) is 0 Å². The molecule has 1 saturated heterocycles. The minimum atomic E-state index is -0.276. The van der Waals surface area contributed by atoms with Crippen molar-refractivity contribution in [3.63, 3.8) is 0 Å². The second kappa shape index (κ2) is 6.13. The molecule has 2 aromatic heterocycles. The highest BCUT2D eigenvalue weighted by molar-refractivity contribution is 5.79. The van der Waals surface area contributed by atoms with Crippen LogP contribution in [0.1, 0.15) is 30.5 Å². The second-order valence-electron chi connectivity index (χ2n) is 5.34. The number of nitrogens with one attached hydrogen (secondary N) is 2. The monoisotopic (exact) mass is 288 g/mol. The summed E-state index contributed by atoms with van der Waals surface area (Å²) in [6.07, 6.45) is 6.86. The Balaban J connectivity index is 1.65. The van der Waals surface area contributed by atoms with Gasteiger partial charge in [0.1, 0.15) is 11.9 Å². The van der Waals surface area contributed by atoms with E-state index in [0.29, 0.717) is 13.2 Å². The van der Waals surface area contributed by atoms with Crippen molar-refractivity contribution in [1.29, 1.82) is 0 Å². The lowest BCUT2D eigenvalue weighted by molar-refractivity contribution is -0.135. The standard InChI is InChI=1S/C15H20N4O2/c1-19-8-2-4-11(19)10-18-15(20)12-5-3-9-21-13(12)14-16-6-7-17-14/h2,4,6-8,12-13H,3,5,9-10H2,1H3,(H,16,17)(H,18,20)/t12-,13-/m1/s1. The summed E-state index contributed by atoms with van der Waals surface area (Å²) < 4.78 is 7.76. The molecule has 3 heterocycles. The zero-order chi connectivity index (χ0) is 14.7. The van der Waals surface area contributed by atoms with E-state index in [1.54, 1.807) is 12.4 Å². The summed E-state index contributed by atoms with van der Waals surface area (Å²) in [5.41, 5.74) is 1.08. The quantitative estimate of drug-likeness (QED) is 0.896. The topological polar surface area (TPSA) is 71.9 Å². The number of rotatable bonds is 4. The van der Waals surface area contributed by atoms with Crippen molar-refractivity contribution in [2.75, 3.05) is 6.61 Å². The minimum absolute atomic E-state index is 0.0253. The van der Waals surface area contributed by atoms with E-state index in [4.69, 9.17) is 4.74 Å². The lowest BCUT2D eigenvalue weighted by Gasteiger charge is -2.29. The number of carbonyl (C=O) groups excluding carboxylic acids is 1. The van der Waals surface area contributed by atoms with Gasteiger partial charge in [0.2, 0.25) is 5.91 Å². The number of nitrogens with zero attached hydrogens (tertiary/aromatic N) is 2. The number of aryl methyl sites for hydroxylation is 1. The zero-order valence-corrected chi connectivity index (χ0v) is 12.1. The minimum Gasteiger partial charge on any atom is -0.369 e. The van der Waals surface area contributed by atoms with Crippen LogP contribution in [0, 0.1) is 5.92 Å². The van der Waals surface area contributed by atoms with E-state index in [1.807, 2.05) is 29.9 Å². The van der Waals surface area contributed by atoms with Crippen molar-refractivity contribution >= 4 is 5.91 Å². The largest absolute Gasteiger partial charge is 0.369 e. The maximum Gasteiger partial charge on any atom is 0.226 e. The van der Waals surface area contributed by atoms with Crippen molar-refractivity contribution in [2.24, 2.45) is 13.0 Å². The molecule has 1 fully saturated rings. The van der Waals surface area contributed by atoms with Crippen molar-refractivity contribution in [2.45, 2.75) is 25.5 Å². The molecule has 0 radical (unpaired) electrons. The van der Waals surface area contributed by atoms with E-state index in [9.17, 15) is 4.79 Å². The van der Waals surface area contributed by atoms with Gasteiger partial charge in [0.15, 0.2) is 0 Å². The third kappa shape index (κ3) is 3.00. The molecule has 0 spiro atoms. The van der Waals surface area contributed by atoms with Gasteiger partial charge >= 0.3 is 0 Å². The number of hydrogen-bond donors (Lipinski definition) is 2. The van der Waals surface area contributed by atoms with Gasteiger partial charge in [0.05, 0.1) is 12.5 Å². The first-order valence-corrected chi connectivity index (χ1v) is 7.24. The molecule has 0 bridgehead atoms. The highest BCUT2D eigenvalue weighted by Crippen LogP contribution is 2.31. The maximum atomic E-state index is 12.5. The average molecular weight is 288 g/mol. The van der Waals surface area contributed by atoms with Gasteiger partial charge in [-0.3, -0.25) is 4.79 Å². The van der Waals surface area contributed by atoms with E-state index in [1.165, 1.54) is 0 Å². The van der Waals surface area contributed by atoms with Gasteiger partial charge in [-0.2, -0.15) is 0 Å². The predicted molar refractivity (Wildman–Crippen MR) is 77.3 cm³/mol. The first kappa shape index (κ1) is 13.9. The molecular formula is C15H20N4O2. The molecule has 1 aliphatic rings. The van der Waals surface area contributed by atoms with Crippen LogP contribution >= 0.6 is 0 Å². The van der Waals surface area contributed by atoms with Gasteiger partial charge in [-0.25, -0.2) is 4.98 Å². The lowest BCUT2D eigenvalue weighted by atomic mass is 9.93. The summed E-state index contributed by atoms with van der Waals surface area (Å²) in [6, 6.07) is 3.97. The molecule has 1 aliphatic heterocycles. The van der Waals surface area contributed by atoms with Crippen molar-refractivity contribution < 1.29 is 9.53 Å². The molecule has 2 atom stereocenters. The third-order valence-electron chi connectivity index (χ3n) is 3.94. The second-order valence-corrected chi connectivity index (χ2v) is 5.34. The Morgan fingerprint density at radius 3 is 3.24 bits per heavy atom. The summed E-state index contributed by atoms with van der Waals surface area (Å²) in [4.78, 5) is 19.8. The molecule has 2 N–H and O–H groups in total. The molecule has 1 amide bonds.